The summed E-state index contributed by atoms with van der Waals surface area (Å²) in [7, 11) is 0. The van der Waals surface area contributed by atoms with E-state index in [1.54, 1.807) is 37.3 Å². The number of alkyl halides is 3. The maximum absolute atomic E-state index is 12.8. The molecule has 2 rings (SSSR count). The van der Waals surface area contributed by atoms with Gasteiger partial charge >= 0.3 is 6.18 Å². The first-order chi connectivity index (χ1) is 10.8. The smallest absolute Gasteiger partial charge is 0.331 e. The van der Waals surface area contributed by atoms with Crippen LogP contribution in [0, 0.1) is 0 Å². The molecule has 1 aliphatic heterocycles. The quantitative estimate of drug-likeness (QED) is 0.833. The van der Waals surface area contributed by atoms with Crippen molar-refractivity contribution in [1.82, 2.24) is 9.80 Å². The number of rotatable bonds is 5. The van der Waals surface area contributed by atoms with Gasteiger partial charge in [0.1, 0.15) is 13.1 Å². The van der Waals surface area contributed by atoms with Crippen molar-refractivity contribution in [3.8, 4) is 0 Å². The van der Waals surface area contributed by atoms with E-state index in [2.05, 4.69) is 0 Å². The molecule has 0 saturated carbocycles. The van der Waals surface area contributed by atoms with Crippen molar-refractivity contribution in [3.63, 3.8) is 0 Å². The molecule has 1 aliphatic rings. The molecule has 2 amide bonds. The van der Waals surface area contributed by atoms with Gasteiger partial charge in [-0.2, -0.15) is 13.2 Å². The third kappa shape index (κ3) is 4.97. The van der Waals surface area contributed by atoms with E-state index in [0.29, 0.717) is 18.4 Å². The molecule has 1 fully saturated rings. The number of halogens is 3. The van der Waals surface area contributed by atoms with Gasteiger partial charge in [0.2, 0.25) is 11.8 Å². The van der Waals surface area contributed by atoms with Crippen LogP contribution in [0.5, 0.6) is 0 Å². The van der Waals surface area contributed by atoms with Gasteiger partial charge in [-0.05, 0) is 18.9 Å². The lowest BCUT2D eigenvalue weighted by Crippen LogP contribution is -2.45. The Morgan fingerprint density at radius 2 is 1.96 bits per heavy atom. The third-order valence-electron chi connectivity index (χ3n) is 3.87. The minimum atomic E-state index is -4.48. The standard InChI is InChI=1S/C16H19F3N2O2/c1-12-7-8-14(22)21(12)10-15(23)20(11-16(17,18)19)9-13-5-3-2-4-6-13/h2-6,12H,7-11H2,1H3. The van der Waals surface area contributed by atoms with Gasteiger partial charge in [0.15, 0.2) is 0 Å². The zero-order valence-corrected chi connectivity index (χ0v) is 12.8. The van der Waals surface area contributed by atoms with E-state index in [1.165, 1.54) is 4.90 Å². The Labute approximate surface area is 132 Å². The molecular formula is C16H19F3N2O2. The minimum absolute atomic E-state index is 0.115. The van der Waals surface area contributed by atoms with E-state index >= 15 is 0 Å². The summed E-state index contributed by atoms with van der Waals surface area (Å²) in [6.45, 7) is 0.0408. The lowest BCUT2D eigenvalue weighted by molar-refractivity contribution is -0.163. The summed E-state index contributed by atoms with van der Waals surface area (Å²) in [5.41, 5.74) is 0.617. The van der Waals surface area contributed by atoms with E-state index in [0.717, 1.165) is 4.90 Å². The summed E-state index contributed by atoms with van der Waals surface area (Å²) in [5, 5.41) is 0. The number of hydrogen-bond acceptors (Lipinski definition) is 2. The first-order valence-corrected chi connectivity index (χ1v) is 7.44. The predicted octanol–water partition coefficient (Wildman–Crippen LogP) is 2.59. The Morgan fingerprint density at radius 3 is 2.48 bits per heavy atom. The van der Waals surface area contributed by atoms with Crippen LogP contribution >= 0.6 is 0 Å². The van der Waals surface area contributed by atoms with Gasteiger partial charge in [-0.3, -0.25) is 9.59 Å². The van der Waals surface area contributed by atoms with Crippen molar-refractivity contribution < 1.29 is 22.8 Å². The highest BCUT2D eigenvalue weighted by Crippen LogP contribution is 2.21. The molecule has 126 valence electrons. The summed E-state index contributed by atoms with van der Waals surface area (Å²) in [6.07, 6.45) is -3.51. The molecule has 1 saturated heterocycles. The van der Waals surface area contributed by atoms with Crippen LogP contribution < -0.4 is 0 Å². The van der Waals surface area contributed by atoms with Crippen molar-refractivity contribution in [1.29, 1.82) is 0 Å². The van der Waals surface area contributed by atoms with Gasteiger partial charge in [0.25, 0.3) is 0 Å². The molecule has 1 unspecified atom stereocenters. The molecule has 4 nitrogen and oxygen atoms in total. The summed E-state index contributed by atoms with van der Waals surface area (Å²) in [6, 6.07) is 8.38. The van der Waals surface area contributed by atoms with Crippen LogP contribution in [0.1, 0.15) is 25.3 Å². The summed E-state index contributed by atoms with van der Waals surface area (Å²) in [4.78, 5) is 26.1. The van der Waals surface area contributed by atoms with Crippen LogP contribution in [0.4, 0.5) is 13.2 Å². The number of benzene rings is 1. The topological polar surface area (TPSA) is 40.6 Å². The Balaban J connectivity index is 2.09. The summed E-state index contributed by atoms with van der Waals surface area (Å²) in [5.74, 6) is -0.870. The Kier molecular flexibility index (Phi) is 5.28. The molecule has 1 aromatic carbocycles. The van der Waals surface area contributed by atoms with E-state index in [1.807, 2.05) is 0 Å². The minimum Gasteiger partial charge on any atom is -0.331 e. The molecule has 23 heavy (non-hydrogen) atoms. The number of amides is 2. The van der Waals surface area contributed by atoms with Gasteiger partial charge in [0.05, 0.1) is 0 Å². The lowest BCUT2D eigenvalue weighted by Gasteiger charge is -2.28. The molecular weight excluding hydrogens is 309 g/mol. The van der Waals surface area contributed by atoms with Crippen molar-refractivity contribution >= 4 is 11.8 Å². The van der Waals surface area contributed by atoms with Crippen LogP contribution in [0.25, 0.3) is 0 Å². The Morgan fingerprint density at radius 1 is 1.30 bits per heavy atom. The first-order valence-electron chi connectivity index (χ1n) is 7.44. The molecule has 1 heterocycles. The van der Waals surface area contributed by atoms with Gasteiger partial charge in [-0.15, -0.1) is 0 Å². The van der Waals surface area contributed by atoms with Crippen molar-refractivity contribution in [3.05, 3.63) is 35.9 Å². The van der Waals surface area contributed by atoms with Gasteiger partial charge < -0.3 is 9.80 Å². The Bertz CT molecular complexity index is 560. The molecule has 1 atom stereocenters. The lowest BCUT2D eigenvalue weighted by atomic mass is 10.2. The highest BCUT2D eigenvalue weighted by atomic mass is 19.4. The van der Waals surface area contributed by atoms with Crippen LogP contribution in [-0.2, 0) is 16.1 Å². The van der Waals surface area contributed by atoms with Crippen molar-refractivity contribution in [2.75, 3.05) is 13.1 Å². The molecule has 0 aromatic heterocycles. The predicted molar refractivity (Wildman–Crippen MR) is 78.3 cm³/mol. The fraction of sp³-hybridized carbons (Fsp3) is 0.500. The molecule has 0 N–H and O–H groups in total. The number of nitrogens with zero attached hydrogens (tertiary/aromatic N) is 2. The normalized spacial score (nSPS) is 18.3. The second-order valence-electron chi connectivity index (χ2n) is 5.76. The maximum Gasteiger partial charge on any atom is 0.406 e. The molecule has 0 aliphatic carbocycles. The first kappa shape index (κ1) is 17.3. The zero-order chi connectivity index (χ0) is 17.0. The largest absolute Gasteiger partial charge is 0.406 e. The highest BCUT2D eigenvalue weighted by Gasteiger charge is 2.35. The van der Waals surface area contributed by atoms with Crippen LogP contribution in [0.15, 0.2) is 30.3 Å². The molecule has 0 bridgehead atoms. The molecule has 0 spiro atoms. The fourth-order valence-electron chi connectivity index (χ4n) is 2.62. The number of hydrogen-bond donors (Lipinski definition) is 0. The van der Waals surface area contributed by atoms with Gasteiger partial charge in [-0.1, -0.05) is 30.3 Å². The van der Waals surface area contributed by atoms with Crippen LogP contribution in [-0.4, -0.2) is 46.9 Å². The van der Waals surface area contributed by atoms with E-state index < -0.39 is 18.6 Å². The number of carbonyl (C=O) groups excluding carboxylic acids is 2. The SMILES string of the molecule is CC1CCC(=O)N1CC(=O)N(Cc1ccccc1)CC(F)(F)F. The van der Waals surface area contributed by atoms with Crippen LogP contribution in [0.2, 0.25) is 0 Å². The van der Waals surface area contributed by atoms with Gasteiger partial charge in [0, 0.05) is 19.0 Å². The average molecular weight is 328 g/mol. The number of likely N-dealkylation sites (tertiary alicyclic amines) is 1. The van der Waals surface area contributed by atoms with E-state index in [-0.39, 0.29) is 25.0 Å². The highest BCUT2D eigenvalue weighted by molar-refractivity contribution is 5.86. The summed E-state index contributed by atoms with van der Waals surface area (Å²) >= 11 is 0. The van der Waals surface area contributed by atoms with Crippen LogP contribution in [0.3, 0.4) is 0 Å². The maximum atomic E-state index is 12.8. The molecule has 7 heteroatoms. The fourth-order valence-corrected chi connectivity index (χ4v) is 2.62. The third-order valence-corrected chi connectivity index (χ3v) is 3.87. The Hall–Kier alpha value is -2.05. The second-order valence-corrected chi connectivity index (χ2v) is 5.76. The zero-order valence-electron chi connectivity index (χ0n) is 12.8. The number of carbonyl (C=O) groups is 2. The van der Waals surface area contributed by atoms with E-state index in [4.69, 9.17) is 0 Å². The van der Waals surface area contributed by atoms with Crippen molar-refractivity contribution in [2.24, 2.45) is 0 Å². The van der Waals surface area contributed by atoms with Crippen molar-refractivity contribution in [2.45, 2.75) is 38.5 Å². The van der Waals surface area contributed by atoms with Gasteiger partial charge in [-0.25, -0.2) is 0 Å². The molecule has 1 aromatic rings. The monoisotopic (exact) mass is 328 g/mol. The second kappa shape index (κ2) is 7.02. The molecule has 0 radical (unpaired) electrons. The average Bonchev–Trinajstić information content (AvgIpc) is 2.78. The van der Waals surface area contributed by atoms with E-state index in [9.17, 15) is 22.8 Å². The summed E-state index contributed by atoms with van der Waals surface area (Å²) < 4.78 is 38.3.